The zero-order valence-electron chi connectivity index (χ0n) is 21.7. The Balaban J connectivity index is 1.82. The minimum Gasteiger partial charge on any atom is -0.386 e. The number of amides is 3. The van der Waals surface area contributed by atoms with Crippen LogP contribution in [0.5, 0.6) is 0 Å². The third kappa shape index (κ3) is 8.94. The van der Waals surface area contributed by atoms with Crippen LogP contribution < -0.4 is 27.4 Å². The number of carbonyl (C=O) groups excluding carboxylic acids is 2. The smallest absolute Gasteiger partial charge is 0.318 e. The third-order valence-corrected chi connectivity index (χ3v) is 6.93. The highest BCUT2D eigenvalue weighted by molar-refractivity contribution is 5.90. The summed E-state index contributed by atoms with van der Waals surface area (Å²) in [5, 5.41) is 8.82. The van der Waals surface area contributed by atoms with E-state index in [4.69, 9.17) is 16.2 Å². The Labute approximate surface area is 218 Å². The van der Waals surface area contributed by atoms with Crippen molar-refractivity contribution >= 4 is 17.8 Å². The molecule has 0 aliphatic carbocycles. The van der Waals surface area contributed by atoms with Gasteiger partial charge in [0.1, 0.15) is 12.0 Å². The maximum Gasteiger partial charge on any atom is 0.318 e. The molecule has 0 radical (unpaired) electrons. The number of halogens is 1. The lowest BCUT2D eigenvalue weighted by atomic mass is 9.89. The Kier molecular flexibility index (Phi) is 11.6. The molecular weight excluding hydrogens is 477 g/mol. The van der Waals surface area contributed by atoms with Crippen molar-refractivity contribution in [3.8, 4) is 0 Å². The van der Waals surface area contributed by atoms with Crippen molar-refractivity contribution in [3.05, 3.63) is 35.9 Å². The van der Waals surface area contributed by atoms with Crippen molar-refractivity contribution in [1.29, 1.82) is 0 Å². The number of nitrogens with two attached hydrogens (primary N) is 2. The number of benzene rings is 1. The highest BCUT2D eigenvalue weighted by atomic mass is 19.1. The second-order valence-electron chi connectivity index (χ2n) is 9.90. The molecule has 7 N–H and O–H groups in total. The maximum atomic E-state index is 14.7. The summed E-state index contributed by atoms with van der Waals surface area (Å²) in [4.78, 5) is 31.8. The average Bonchev–Trinajstić information content (AvgIpc) is 3.31. The number of nitrogens with zero attached hydrogens (tertiary/aromatic N) is 2. The fourth-order valence-corrected chi connectivity index (χ4v) is 4.83. The number of aliphatic imine (C=N–C) groups is 1. The number of urea groups is 1. The quantitative estimate of drug-likeness (QED) is 0.204. The first kappa shape index (κ1) is 28.8. The molecule has 1 aromatic carbocycles. The highest BCUT2D eigenvalue weighted by Gasteiger charge is 2.39. The van der Waals surface area contributed by atoms with Crippen LogP contribution in [0.15, 0.2) is 35.3 Å². The predicted molar refractivity (Wildman–Crippen MR) is 142 cm³/mol. The van der Waals surface area contributed by atoms with Crippen molar-refractivity contribution in [2.24, 2.45) is 28.3 Å². The average molecular weight is 520 g/mol. The summed E-state index contributed by atoms with van der Waals surface area (Å²) < 4.78 is 20.2. The molecular formula is C26H42FN7O3. The molecule has 4 atom stereocenters. The van der Waals surface area contributed by atoms with Crippen molar-refractivity contribution < 1.29 is 18.7 Å². The van der Waals surface area contributed by atoms with Gasteiger partial charge >= 0.3 is 6.03 Å². The lowest BCUT2D eigenvalue weighted by Crippen LogP contribution is -2.59. The van der Waals surface area contributed by atoms with Gasteiger partial charge in [-0.3, -0.25) is 9.79 Å². The predicted octanol–water partition coefficient (Wildman–Crippen LogP) is 0.762. The summed E-state index contributed by atoms with van der Waals surface area (Å²) in [6.07, 6.45) is 0.617. The maximum absolute atomic E-state index is 14.7. The minimum absolute atomic E-state index is 0.0333. The normalized spacial score (nSPS) is 22.3. The van der Waals surface area contributed by atoms with Gasteiger partial charge < -0.3 is 37.1 Å². The second kappa shape index (κ2) is 14.8. The Morgan fingerprint density at radius 3 is 2.62 bits per heavy atom. The minimum atomic E-state index is -1.05. The molecule has 11 heteroatoms. The molecule has 0 bridgehead atoms. The van der Waals surface area contributed by atoms with Gasteiger partial charge in [0.15, 0.2) is 0 Å². The first-order chi connectivity index (χ1) is 17.9. The largest absolute Gasteiger partial charge is 0.386 e. The molecule has 2 aliphatic heterocycles. The van der Waals surface area contributed by atoms with E-state index in [1.807, 2.05) is 37.3 Å². The molecule has 2 heterocycles. The molecule has 2 aliphatic rings. The van der Waals surface area contributed by atoms with Crippen LogP contribution in [-0.2, 0) is 16.1 Å². The second-order valence-corrected chi connectivity index (χ2v) is 9.90. The number of carbonyl (C=O) groups is 2. The summed E-state index contributed by atoms with van der Waals surface area (Å²) in [5.41, 5.74) is 13.1. The van der Waals surface area contributed by atoms with Gasteiger partial charge in [-0.1, -0.05) is 30.3 Å². The zero-order chi connectivity index (χ0) is 26.6. The van der Waals surface area contributed by atoms with Crippen LogP contribution in [0.4, 0.5) is 9.18 Å². The molecule has 2 fully saturated rings. The lowest BCUT2D eigenvalue weighted by Gasteiger charge is -2.40. The van der Waals surface area contributed by atoms with E-state index >= 15 is 0 Å². The standard InChI is InChI=1S/C26H42FN7O3/c1-18(13-31-23(35)7-10-28)33-26(36)34(17-21-15-30-16-22(21)27)24(20-8-11-37-12-9-20)25(29)32-14-19-5-3-2-4-6-19/h2-6,18,20-22,24,30H,7-17,28H2,1H3,(H2,29,32)(H,31,35)(H,33,36). The van der Waals surface area contributed by atoms with Gasteiger partial charge in [-0.15, -0.1) is 0 Å². The third-order valence-electron chi connectivity index (χ3n) is 6.93. The van der Waals surface area contributed by atoms with Crippen LogP contribution >= 0.6 is 0 Å². The van der Waals surface area contributed by atoms with E-state index in [1.54, 1.807) is 4.90 Å². The van der Waals surface area contributed by atoms with Crippen LogP contribution in [0.25, 0.3) is 0 Å². The molecule has 10 nitrogen and oxygen atoms in total. The molecule has 37 heavy (non-hydrogen) atoms. The molecule has 2 saturated heterocycles. The van der Waals surface area contributed by atoms with E-state index in [9.17, 15) is 14.0 Å². The van der Waals surface area contributed by atoms with Gasteiger partial charge in [-0.05, 0) is 31.2 Å². The molecule has 4 unspecified atom stereocenters. The van der Waals surface area contributed by atoms with Crippen molar-refractivity contribution in [3.63, 3.8) is 0 Å². The number of amidine groups is 1. The monoisotopic (exact) mass is 519 g/mol. The number of ether oxygens (including phenoxy) is 1. The van der Waals surface area contributed by atoms with Gasteiger partial charge in [0.2, 0.25) is 5.91 Å². The molecule has 3 amide bonds. The fourth-order valence-electron chi connectivity index (χ4n) is 4.83. The van der Waals surface area contributed by atoms with Crippen molar-refractivity contribution in [1.82, 2.24) is 20.9 Å². The highest BCUT2D eigenvalue weighted by Crippen LogP contribution is 2.26. The SMILES string of the molecule is CC(CNC(=O)CCN)NC(=O)N(CC1CNCC1F)C(C(N)=NCc1ccccc1)C1CCOCC1. The summed E-state index contributed by atoms with van der Waals surface area (Å²) in [6.45, 7) is 4.82. The molecule has 1 aromatic rings. The van der Waals surface area contributed by atoms with Crippen LogP contribution in [0.3, 0.4) is 0 Å². The van der Waals surface area contributed by atoms with Gasteiger partial charge in [-0.25, -0.2) is 9.18 Å². The van der Waals surface area contributed by atoms with Crippen LogP contribution in [-0.4, -0.2) is 86.9 Å². The molecule has 0 aromatic heterocycles. The van der Waals surface area contributed by atoms with Gasteiger partial charge in [0.25, 0.3) is 0 Å². The summed E-state index contributed by atoms with van der Waals surface area (Å²) in [7, 11) is 0. The fraction of sp³-hybridized carbons (Fsp3) is 0.654. The van der Waals surface area contributed by atoms with E-state index < -0.39 is 12.2 Å². The topological polar surface area (TPSA) is 147 Å². The summed E-state index contributed by atoms with van der Waals surface area (Å²) in [5.74, 6) is -0.133. The number of hydrogen-bond acceptors (Lipinski definition) is 6. The molecule has 0 spiro atoms. The Hall–Kier alpha value is -2.76. The van der Waals surface area contributed by atoms with E-state index in [0.29, 0.717) is 32.1 Å². The number of nitrogens with one attached hydrogen (secondary N) is 3. The van der Waals surface area contributed by atoms with E-state index in [-0.39, 0.29) is 62.4 Å². The summed E-state index contributed by atoms with van der Waals surface area (Å²) in [6, 6.07) is 8.58. The Morgan fingerprint density at radius 1 is 1.24 bits per heavy atom. The molecule has 206 valence electrons. The van der Waals surface area contributed by atoms with E-state index in [2.05, 4.69) is 20.9 Å². The molecule has 3 rings (SSSR count). The Bertz CT molecular complexity index is 882. The number of alkyl halides is 1. The van der Waals surface area contributed by atoms with Crippen molar-refractivity contribution in [2.75, 3.05) is 45.9 Å². The molecule has 0 saturated carbocycles. The van der Waals surface area contributed by atoms with Gasteiger partial charge in [0.05, 0.1) is 12.6 Å². The van der Waals surface area contributed by atoms with Crippen molar-refractivity contribution in [2.45, 2.75) is 51.0 Å². The summed E-state index contributed by atoms with van der Waals surface area (Å²) >= 11 is 0. The van der Waals surface area contributed by atoms with Gasteiger partial charge in [-0.2, -0.15) is 0 Å². The first-order valence-corrected chi connectivity index (χ1v) is 13.2. The van der Waals surface area contributed by atoms with Crippen LogP contribution in [0.2, 0.25) is 0 Å². The zero-order valence-corrected chi connectivity index (χ0v) is 21.7. The van der Waals surface area contributed by atoms with E-state index in [1.165, 1.54) is 0 Å². The van der Waals surface area contributed by atoms with E-state index in [0.717, 1.165) is 18.4 Å². The number of rotatable bonds is 12. The lowest BCUT2D eigenvalue weighted by molar-refractivity contribution is -0.120. The van der Waals surface area contributed by atoms with Gasteiger partial charge in [0, 0.05) is 64.3 Å². The first-order valence-electron chi connectivity index (χ1n) is 13.2. The van der Waals surface area contributed by atoms with Crippen LogP contribution in [0.1, 0.15) is 31.7 Å². The number of hydrogen-bond donors (Lipinski definition) is 5. The van der Waals surface area contributed by atoms with Crippen LogP contribution in [0, 0.1) is 11.8 Å². The Morgan fingerprint density at radius 2 is 1.97 bits per heavy atom.